The van der Waals surface area contributed by atoms with Gasteiger partial charge in [-0.1, -0.05) is 24.3 Å². The molecule has 1 amide bonds. The average Bonchev–Trinajstić information content (AvgIpc) is 2.86. The number of halogens is 8. The first kappa shape index (κ1) is 29.2. The minimum absolute atomic E-state index is 0.0774. The van der Waals surface area contributed by atoms with Crippen molar-refractivity contribution in [1.29, 1.82) is 0 Å². The number of carbonyl (C=O) groups is 2. The van der Waals surface area contributed by atoms with E-state index in [9.17, 15) is 44.7 Å². The van der Waals surface area contributed by atoms with Crippen molar-refractivity contribution in [3.63, 3.8) is 0 Å². The number of esters is 1. The summed E-state index contributed by atoms with van der Waals surface area (Å²) in [5.41, 5.74) is -7.53. The summed E-state index contributed by atoms with van der Waals surface area (Å²) in [6.45, 7) is -3.10. The minimum atomic E-state index is -6.16. The Morgan fingerprint density at radius 3 is 1.87 bits per heavy atom. The third kappa shape index (κ3) is 6.21. The molecule has 0 heterocycles. The lowest BCUT2D eigenvalue weighted by Gasteiger charge is -2.37. The van der Waals surface area contributed by atoms with Gasteiger partial charge in [0.05, 0.1) is 7.11 Å². The van der Waals surface area contributed by atoms with Crippen LogP contribution in [0.2, 0.25) is 0 Å². The molecule has 208 valence electrons. The van der Waals surface area contributed by atoms with Gasteiger partial charge in [0.1, 0.15) is 17.1 Å². The van der Waals surface area contributed by atoms with Crippen molar-refractivity contribution in [2.45, 2.75) is 24.6 Å². The van der Waals surface area contributed by atoms with E-state index in [4.69, 9.17) is 4.74 Å². The number of carbonyl (C=O) groups excluding carboxylic acids is 2. The number of ether oxygens (including phenoxy) is 3. The van der Waals surface area contributed by atoms with Crippen LogP contribution in [-0.2, 0) is 10.3 Å². The third-order valence-electron chi connectivity index (χ3n) is 5.26. The molecule has 39 heavy (non-hydrogen) atoms. The van der Waals surface area contributed by atoms with Crippen molar-refractivity contribution in [3.05, 3.63) is 89.5 Å². The second kappa shape index (κ2) is 11.2. The van der Waals surface area contributed by atoms with Crippen LogP contribution in [0, 0.1) is 0 Å². The average molecular weight is 563 g/mol. The second-order valence-electron chi connectivity index (χ2n) is 7.70. The molecule has 0 radical (unpaired) electrons. The summed E-state index contributed by atoms with van der Waals surface area (Å²) in [7, 11) is 1.06. The third-order valence-corrected chi connectivity index (χ3v) is 5.26. The van der Waals surface area contributed by atoms with Gasteiger partial charge >= 0.3 is 30.5 Å². The Morgan fingerprint density at radius 1 is 0.795 bits per heavy atom. The molecule has 14 heteroatoms. The van der Waals surface area contributed by atoms with Crippen LogP contribution in [0.1, 0.15) is 26.3 Å². The largest absolute Gasteiger partial charge is 0.496 e. The van der Waals surface area contributed by atoms with E-state index in [1.54, 1.807) is 0 Å². The predicted molar refractivity (Wildman–Crippen MR) is 120 cm³/mol. The number of benzene rings is 3. The first-order chi connectivity index (χ1) is 18.2. The molecule has 3 rings (SSSR count). The lowest BCUT2D eigenvalue weighted by Crippen LogP contribution is -2.56. The fourth-order valence-electron chi connectivity index (χ4n) is 3.45. The van der Waals surface area contributed by atoms with Crippen LogP contribution in [0.3, 0.4) is 0 Å². The number of rotatable bonds is 8. The van der Waals surface area contributed by atoms with Gasteiger partial charge in [0.15, 0.2) is 0 Å². The Morgan fingerprint density at radius 2 is 1.36 bits per heavy atom. The Kier molecular flexibility index (Phi) is 8.36. The van der Waals surface area contributed by atoms with Gasteiger partial charge in [0, 0.05) is 16.8 Å². The van der Waals surface area contributed by atoms with Crippen molar-refractivity contribution in [3.8, 4) is 11.5 Å². The monoisotopic (exact) mass is 563 g/mol. The van der Waals surface area contributed by atoms with E-state index in [-0.39, 0.29) is 22.7 Å². The molecule has 0 aliphatic rings. The molecular formula is C25H17F8NO5. The maximum absolute atomic E-state index is 14.1. The van der Waals surface area contributed by atoms with E-state index in [0.717, 1.165) is 55.6 Å². The highest BCUT2D eigenvalue weighted by Gasteiger charge is 2.75. The van der Waals surface area contributed by atoms with Gasteiger partial charge in [0.25, 0.3) is 5.91 Å². The highest BCUT2D eigenvalue weighted by atomic mass is 19.4. The summed E-state index contributed by atoms with van der Waals surface area (Å²) in [4.78, 5) is 24.9. The van der Waals surface area contributed by atoms with Crippen molar-refractivity contribution in [1.82, 2.24) is 0 Å². The Hall–Kier alpha value is -4.36. The lowest BCUT2D eigenvalue weighted by molar-refractivity contribution is -0.373. The number of alkyl halides is 8. The topological polar surface area (TPSA) is 73.9 Å². The molecular weight excluding hydrogens is 546 g/mol. The molecule has 0 unspecified atom stereocenters. The highest BCUT2D eigenvalue weighted by molar-refractivity contribution is 6.04. The number of methoxy groups -OCH3 is 1. The number of nitrogens with one attached hydrogen (secondary N) is 1. The van der Waals surface area contributed by atoms with E-state index in [1.165, 1.54) is 12.1 Å². The molecule has 1 N–H and O–H groups in total. The normalized spacial score (nSPS) is 12.2. The van der Waals surface area contributed by atoms with Gasteiger partial charge in [0.2, 0.25) is 0 Å². The van der Waals surface area contributed by atoms with E-state index < -0.39 is 47.6 Å². The van der Waals surface area contributed by atoms with E-state index in [1.807, 2.05) is 0 Å². The smallest absolute Gasteiger partial charge is 0.442 e. The molecule has 6 nitrogen and oxygen atoms in total. The van der Waals surface area contributed by atoms with Gasteiger partial charge < -0.3 is 19.5 Å². The van der Waals surface area contributed by atoms with Crippen LogP contribution in [0.5, 0.6) is 11.5 Å². The Bertz CT molecular complexity index is 1290. The van der Waals surface area contributed by atoms with Gasteiger partial charge in [-0.05, 0) is 48.5 Å². The molecule has 0 saturated carbocycles. The van der Waals surface area contributed by atoms with Crippen molar-refractivity contribution in [2.24, 2.45) is 0 Å². The van der Waals surface area contributed by atoms with E-state index in [0.29, 0.717) is 12.1 Å². The van der Waals surface area contributed by atoms with E-state index >= 15 is 0 Å². The number of anilines is 1. The highest BCUT2D eigenvalue weighted by Crippen LogP contribution is 2.53. The number of para-hydroxylation sites is 1. The Labute approximate surface area is 215 Å². The molecule has 3 aromatic carbocycles. The predicted octanol–water partition coefficient (Wildman–Crippen LogP) is 6.73. The SMILES string of the molecule is COc1ccccc1C(=O)OC(c1ccc(NC(=O)c2ccc(OC(F)F)cc2)cc1)(C(F)(F)F)C(F)(F)F. The molecule has 0 bridgehead atoms. The summed E-state index contributed by atoms with van der Waals surface area (Å²) in [6, 6.07) is 11.2. The minimum Gasteiger partial charge on any atom is -0.496 e. The molecule has 0 spiro atoms. The Balaban J connectivity index is 1.93. The van der Waals surface area contributed by atoms with Gasteiger partial charge in [-0.3, -0.25) is 4.79 Å². The van der Waals surface area contributed by atoms with Gasteiger partial charge in [-0.2, -0.15) is 35.1 Å². The van der Waals surface area contributed by atoms with Crippen molar-refractivity contribution < 1.29 is 58.9 Å². The van der Waals surface area contributed by atoms with Crippen molar-refractivity contribution in [2.75, 3.05) is 12.4 Å². The molecule has 0 aromatic heterocycles. The fourth-order valence-corrected chi connectivity index (χ4v) is 3.45. The molecule has 3 aromatic rings. The standard InChI is InChI=1S/C25H17F8NO5/c1-37-19-5-3-2-4-18(19)21(36)39-23(24(28,29)30,25(31,32)33)15-8-10-16(11-9-15)34-20(35)14-6-12-17(13-7-14)38-22(26)27/h2-13,22H,1H3,(H,34,35). The zero-order valence-electron chi connectivity index (χ0n) is 19.6. The molecule has 0 saturated heterocycles. The first-order valence-electron chi connectivity index (χ1n) is 10.7. The first-order valence-corrected chi connectivity index (χ1v) is 10.7. The number of hydrogen-bond donors (Lipinski definition) is 1. The molecule has 0 fully saturated rings. The van der Waals surface area contributed by atoms with Crippen molar-refractivity contribution >= 4 is 17.6 Å². The quantitative estimate of drug-likeness (QED) is 0.243. The summed E-state index contributed by atoms with van der Waals surface area (Å²) >= 11 is 0. The van der Waals surface area contributed by atoms with Crippen LogP contribution in [0.4, 0.5) is 40.8 Å². The molecule has 0 aliphatic carbocycles. The molecule has 0 aliphatic heterocycles. The fraction of sp³-hybridized carbons (Fsp3) is 0.200. The van der Waals surface area contributed by atoms with E-state index in [2.05, 4.69) is 14.8 Å². The van der Waals surface area contributed by atoms with Crippen LogP contribution < -0.4 is 14.8 Å². The van der Waals surface area contributed by atoms with Crippen LogP contribution in [0.15, 0.2) is 72.8 Å². The summed E-state index contributed by atoms with van der Waals surface area (Å²) in [5.74, 6) is -3.36. The maximum atomic E-state index is 14.1. The van der Waals surface area contributed by atoms with Crippen LogP contribution >= 0.6 is 0 Å². The summed E-state index contributed by atoms with van der Waals surface area (Å²) in [5, 5.41) is 2.24. The number of amides is 1. The van der Waals surface area contributed by atoms with Crippen LogP contribution in [-0.4, -0.2) is 38.0 Å². The summed E-state index contributed by atoms with van der Waals surface area (Å²) in [6.07, 6.45) is -12.3. The summed E-state index contributed by atoms with van der Waals surface area (Å²) < 4.78 is 122. The molecule has 0 atom stereocenters. The lowest BCUT2D eigenvalue weighted by atomic mass is 9.91. The van der Waals surface area contributed by atoms with Gasteiger partial charge in [-0.25, -0.2) is 4.79 Å². The van der Waals surface area contributed by atoms with Gasteiger partial charge in [-0.15, -0.1) is 0 Å². The zero-order chi connectivity index (χ0) is 29.0. The second-order valence-corrected chi connectivity index (χ2v) is 7.70. The number of hydrogen-bond acceptors (Lipinski definition) is 5. The maximum Gasteiger partial charge on any atom is 0.442 e. The van der Waals surface area contributed by atoms with Crippen LogP contribution in [0.25, 0.3) is 0 Å². The zero-order valence-corrected chi connectivity index (χ0v) is 19.6.